The van der Waals surface area contributed by atoms with E-state index < -0.39 is 5.82 Å². The van der Waals surface area contributed by atoms with Crippen molar-refractivity contribution in [3.8, 4) is 11.8 Å². The van der Waals surface area contributed by atoms with E-state index in [1.165, 1.54) is 12.1 Å². The molecule has 0 heterocycles. The van der Waals surface area contributed by atoms with Crippen LogP contribution in [0.4, 0.5) is 4.39 Å². The Morgan fingerprint density at radius 1 is 1.29 bits per heavy atom. The van der Waals surface area contributed by atoms with E-state index in [0.29, 0.717) is 19.0 Å². The summed E-state index contributed by atoms with van der Waals surface area (Å²) in [6, 6.07) is 5.95. The second-order valence-corrected chi connectivity index (χ2v) is 3.57. The van der Waals surface area contributed by atoms with Crippen LogP contribution in [0.1, 0.15) is 25.3 Å². The van der Waals surface area contributed by atoms with Crippen LogP contribution in [0.3, 0.4) is 0 Å². The number of rotatable bonds is 7. The second kappa shape index (κ2) is 7.64. The number of ether oxygens (including phenoxy) is 2. The summed E-state index contributed by atoms with van der Waals surface area (Å²) >= 11 is 0. The molecule has 17 heavy (non-hydrogen) atoms. The molecule has 0 aliphatic heterocycles. The van der Waals surface area contributed by atoms with Gasteiger partial charge in [0, 0.05) is 12.7 Å². The standard InChI is InChI=1S/C13H16FNO2/c1-2-3-6-16-7-8-17-12-5-4-11(10-15)13(14)9-12/h4-5,9H,2-3,6-8H2,1H3. The minimum atomic E-state index is -0.558. The zero-order valence-corrected chi connectivity index (χ0v) is 9.91. The Morgan fingerprint density at radius 3 is 2.76 bits per heavy atom. The van der Waals surface area contributed by atoms with Gasteiger partial charge in [0.15, 0.2) is 0 Å². The largest absolute Gasteiger partial charge is 0.491 e. The molecule has 4 heteroatoms. The van der Waals surface area contributed by atoms with Crippen molar-refractivity contribution in [3.63, 3.8) is 0 Å². The van der Waals surface area contributed by atoms with Crippen molar-refractivity contribution in [3.05, 3.63) is 29.6 Å². The zero-order chi connectivity index (χ0) is 12.5. The van der Waals surface area contributed by atoms with Crippen LogP contribution < -0.4 is 4.74 Å². The molecule has 1 aromatic rings. The van der Waals surface area contributed by atoms with Crippen molar-refractivity contribution in [1.82, 2.24) is 0 Å². The summed E-state index contributed by atoms with van der Waals surface area (Å²) in [6.45, 7) is 3.69. The van der Waals surface area contributed by atoms with Crippen molar-refractivity contribution in [2.75, 3.05) is 19.8 Å². The first-order valence-corrected chi connectivity index (χ1v) is 5.68. The predicted octanol–water partition coefficient (Wildman–Crippen LogP) is 2.89. The Morgan fingerprint density at radius 2 is 2.12 bits per heavy atom. The Labute approximate surface area is 101 Å². The molecule has 0 amide bonds. The third kappa shape index (κ3) is 4.83. The smallest absolute Gasteiger partial charge is 0.144 e. The topological polar surface area (TPSA) is 42.2 Å². The van der Waals surface area contributed by atoms with Crippen LogP contribution >= 0.6 is 0 Å². The van der Waals surface area contributed by atoms with Crippen LogP contribution in [0.15, 0.2) is 18.2 Å². The predicted molar refractivity (Wildman–Crippen MR) is 62.3 cm³/mol. The highest BCUT2D eigenvalue weighted by atomic mass is 19.1. The molecule has 0 spiro atoms. The van der Waals surface area contributed by atoms with Crippen molar-refractivity contribution in [1.29, 1.82) is 5.26 Å². The third-order valence-corrected chi connectivity index (χ3v) is 2.20. The lowest BCUT2D eigenvalue weighted by Gasteiger charge is -2.07. The van der Waals surface area contributed by atoms with Gasteiger partial charge >= 0.3 is 0 Å². The second-order valence-electron chi connectivity index (χ2n) is 3.57. The quantitative estimate of drug-likeness (QED) is 0.685. The van der Waals surface area contributed by atoms with E-state index in [-0.39, 0.29) is 5.56 Å². The van der Waals surface area contributed by atoms with Gasteiger partial charge < -0.3 is 9.47 Å². The molecular formula is C13H16FNO2. The number of nitriles is 1. The highest BCUT2D eigenvalue weighted by Crippen LogP contribution is 2.15. The number of halogens is 1. The summed E-state index contributed by atoms with van der Waals surface area (Å²) in [5.74, 6) is -0.141. The Kier molecular flexibility index (Phi) is 6.05. The zero-order valence-electron chi connectivity index (χ0n) is 9.91. The monoisotopic (exact) mass is 237 g/mol. The van der Waals surface area contributed by atoms with E-state index in [9.17, 15) is 4.39 Å². The lowest BCUT2D eigenvalue weighted by atomic mass is 10.2. The van der Waals surface area contributed by atoms with Gasteiger partial charge in [-0.1, -0.05) is 13.3 Å². The number of hydrogen-bond donors (Lipinski definition) is 0. The van der Waals surface area contributed by atoms with Crippen LogP contribution in [0.2, 0.25) is 0 Å². The normalized spacial score (nSPS) is 9.94. The molecule has 0 aromatic heterocycles. The highest BCUT2D eigenvalue weighted by molar-refractivity contribution is 5.36. The minimum absolute atomic E-state index is 0.0246. The maximum absolute atomic E-state index is 13.2. The van der Waals surface area contributed by atoms with Gasteiger partial charge in [-0.3, -0.25) is 0 Å². The summed E-state index contributed by atoms with van der Waals surface area (Å²) in [5, 5.41) is 8.56. The van der Waals surface area contributed by atoms with E-state index >= 15 is 0 Å². The molecule has 0 saturated heterocycles. The molecule has 0 N–H and O–H groups in total. The molecule has 3 nitrogen and oxygen atoms in total. The van der Waals surface area contributed by atoms with Crippen molar-refractivity contribution in [2.24, 2.45) is 0 Å². The van der Waals surface area contributed by atoms with Crippen molar-refractivity contribution < 1.29 is 13.9 Å². The van der Waals surface area contributed by atoms with Crippen LogP contribution in [0.5, 0.6) is 5.75 Å². The Hall–Kier alpha value is -1.60. The van der Waals surface area contributed by atoms with Gasteiger partial charge in [0.25, 0.3) is 0 Å². The maximum atomic E-state index is 13.2. The first-order chi connectivity index (χ1) is 8.27. The lowest BCUT2D eigenvalue weighted by Crippen LogP contribution is -2.07. The number of benzene rings is 1. The molecular weight excluding hydrogens is 221 g/mol. The highest BCUT2D eigenvalue weighted by Gasteiger charge is 2.02. The fourth-order valence-corrected chi connectivity index (χ4v) is 1.24. The van der Waals surface area contributed by atoms with Gasteiger partial charge in [-0.25, -0.2) is 4.39 Å². The van der Waals surface area contributed by atoms with Crippen molar-refractivity contribution >= 4 is 0 Å². The fourth-order valence-electron chi connectivity index (χ4n) is 1.24. The van der Waals surface area contributed by atoms with Crippen LogP contribution in [-0.4, -0.2) is 19.8 Å². The van der Waals surface area contributed by atoms with E-state index in [1.54, 1.807) is 12.1 Å². The minimum Gasteiger partial charge on any atom is -0.491 e. The van der Waals surface area contributed by atoms with Gasteiger partial charge in [-0.2, -0.15) is 5.26 Å². The molecule has 0 aliphatic rings. The van der Waals surface area contributed by atoms with Gasteiger partial charge in [0.1, 0.15) is 24.2 Å². The molecule has 0 atom stereocenters. The molecule has 0 unspecified atom stereocenters. The summed E-state index contributed by atoms with van der Waals surface area (Å²) in [7, 11) is 0. The van der Waals surface area contributed by atoms with E-state index in [1.807, 2.05) is 0 Å². The summed E-state index contributed by atoms with van der Waals surface area (Å²) in [5.41, 5.74) is 0.0246. The molecule has 0 saturated carbocycles. The summed E-state index contributed by atoms with van der Waals surface area (Å²) in [6.07, 6.45) is 2.13. The van der Waals surface area contributed by atoms with Crippen LogP contribution in [0.25, 0.3) is 0 Å². The van der Waals surface area contributed by atoms with Gasteiger partial charge in [-0.15, -0.1) is 0 Å². The fraction of sp³-hybridized carbons (Fsp3) is 0.462. The molecule has 92 valence electrons. The molecule has 1 rings (SSSR count). The molecule has 0 bridgehead atoms. The van der Waals surface area contributed by atoms with Crippen LogP contribution in [-0.2, 0) is 4.74 Å². The molecule has 0 radical (unpaired) electrons. The number of nitrogens with zero attached hydrogens (tertiary/aromatic N) is 1. The van der Waals surface area contributed by atoms with Crippen molar-refractivity contribution in [2.45, 2.75) is 19.8 Å². The molecule has 1 aromatic carbocycles. The van der Waals surface area contributed by atoms with Gasteiger partial charge in [-0.05, 0) is 18.6 Å². The number of hydrogen-bond acceptors (Lipinski definition) is 3. The van der Waals surface area contributed by atoms with Gasteiger partial charge in [0.2, 0.25) is 0 Å². The maximum Gasteiger partial charge on any atom is 0.144 e. The first kappa shape index (κ1) is 13.5. The summed E-state index contributed by atoms with van der Waals surface area (Å²) in [4.78, 5) is 0. The average Bonchev–Trinajstić information content (AvgIpc) is 2.34. The number of unbranched alkanes of at least 4 members (excludes halogenated alkanes) is 1. The third-order valence-electron chi connectivity index (χ3n) is 2.20. The van der Waals surface area contributed by atoms with Crippen LogP contribution in [0, 0.1) is 17.1 Å². The lowest BCUT2D eigenvalue weighted by molar-refractivity contribution is 0.0979. The van der Waals surface area contributed by atoms with Gasteiger partial charge in [0.05, 0.1) is 12.2 Å². The van der Waals surface area contributed by atoms with E-state index in [4.69, 9.17) is 14.7 Å². The Bertz CT molecular complexity index is 387. The molecule has 0 aliphatic carbocycles. The first-order valence-electron chi connectivity index (χ1n) is 5.68. The van der Waals surface area contributed by atoms with E-state index in [2.05, 4.69) is 6.92 Å². The van der Waals surface area contributed by atoms with E-state index in [0.717, 1.165) is 19.4 Å². The summed E-state index contributed by atoms with van der Waals surface area (Å²) < 4.78 is 23.8. The Balaban J connectivity index is 2.28. The molecule has 0 fully saturated rings. The average molecular weight is 237 g/mol. The SMILES string of the molecule is CCCCOCCOc1ccc(C#N)c(F)c1.